The highest BCUT2D eigenvalue weighted by Crippen LogP contribution is 2.30. The van der Waals surface area contributed by atoms with Gasteiger partial charge in [-0.25, -0.2) is 4.79 Å². The van der Waals surface area contributed by atoms with Crippen LogP contribution in [0.25, 0.3) is 10.9 Å². The molecule has 6 heteroatoms. The molecule has 0 saturated heterocycles. The molecule has 6 nitrogen and oxygen atoms in total. The summed E-state index contributed by atoms with van der Waals surface area (Å²) in [6.07, 6.45) is 1.67. The molecule has 0 atom stereocenters. The molecule has 0 bridgehead atoms. The van der Waals surface area contributed by atoms with Gasteiger partial charge in [-0.05, 0) is 30.2 Å². The van der Waals surface area contributed by atoms with Crippen molar-refractivity contribution >= 4 is 22.6 Å². The molecular weight excluding hydrogens is 342 g/mol. The van der Waals surface area contributed by atoms with Gasteiger partial charge in [0.15, 0.2) is 11.5 Å². The highest BCUT2D eigenvalue weighted by Gasteiger charge is 2.21. The number of H-pyrrole nitrogens is 1. The van der Waals surface area contributed by atoms with Gasteiger partial charge in [0.25, 0.3) is 0 Å². The molecule has 0 fully saturated rings. The number of carbonyl (C=O) groups is 1. The van der Waals surface area contributed by atoms with Crippen LogP contribution in [0.4, 0.5) is 10.5 Å². The molecule has 0 saturated carbocycles. The van der Waals surface area contributed by atoms with E-state index in [4.69, 9.17) is 9.47 Å². The normalized spacial score (nSPS) is 13.8. The van der Waals surface area contributed by atoms with E-state index in [1.807, 2.05) is 17.0 Å². The Morgan fingerprint density at radius 2 is 1.81 bits per heavy atom. The average Bonchev–Trinajstić information content (AvgIpc) is 2.91. The largest absolute Gasteiger partial charge is 0.493 e. The molecule has 2 aromatic carbocycles. The second-order valence-corrected chi connectivity index (χ2v) is 6.61. The van der Waals surface area contributed by atoms with Gasteiger partial charge in [0.1, 0.15) is 0 Å². The Morgan fingerprint density at radius 3 is 2.63 bits per heavy atom. The number of amides is 2. The van der Waals surface area contributed by atoms with Crippen molar-refractivity contribution in [2.24, 2.45) is 0 Å². The number of urea groups is 1. The zero-order valence-electron chi connectivity index (χ0n) is 15.5. The standard InChI is InChI=1S/C21H23N3O3/c1-26-19-8-7-14(13-20(19)27-2)22-21(25)24-11-9-16-15-5-3-4-6-17(15)23-18(16)10-12-24/h3-8,13,23H,9-12H2,1-2H3,(H,22,25). The molecule has 0 radical (unpaired) electrons. The van der Waals surface area contributed by atoms with Gasteiger partial charge in [-0.15, -0.1) is 0 Å². The van der Waals surface area contributed by atoms with Crippen LogP contribution in [0.2, 0.25) is 0 Å². The number of nitrogens with one attached hydrogen (secondary N) is 2. The molecule has 2 heterocycles. The van der Waals surface area contributed by atoms with Crippen LogP contribution in [0.1, 0.15) is 11.3 Å². The summed E-state index contributed by atoms with van der Waals surface area (Å²) in [5, 5.41) is 4.22. The van der Waals surface area contributed by atoms with Crippen molar-refractivity contribution in [3.63, 3.8) is 0 Å². The van der Waals surface area contributed by atoms with Crippen LogP contribution >= 0.6 is 0 Å². The molecule has 0 spiro atoms. The molecule has 1 aliphatic heterocycles. The maximum atomic E-state index is 12.7. The zero-order chi connectivity index (χ0) is 18.8. The molecule has 3 aromatic rings. The fraction of sp³-hybridized carbons (Fsp3) is 0.286. The summed E-state index contributed by atoms with van der Waals surface area (Å²) < 4.78 is 10.5. The number of hydrogen-bond acceptors (Lipinski definition) is 3. The lowest BCUT2D eigenvalue weighted by molar-refractivity contribution is 0.214. The quantitative estimate of drug-likeness (QED) is 0.742. The van der Waals surface area contributed by atoms with E-state index in [1.165, 1.54) is 22.2 Å². The van der Waals surface area contributed by atoms with Gasteiger partial charge < -0.3 is 24.7 Å². The molecule has 2 amide bonds. The number of anilines is 1. The van der Waals surface area contributed by atoms with Crippen molar-refractivity contribution in [1.29, 1.82) is 0 Å². The van der Waals surface area contributed by atoms with Gasteiger partial charge in [-0.1, -0.05) is 18.2 Å². The molecule has 2 N–H and O–H groups in total. The molecule has 1 aromatic heterocycles. The van der Waals surface area contributed by atoms with E-state index < -0.39 is 0 Å². The van der Waals surface area contributed by atoms with Crippen molar-refractivity contribution in [1.82, 2.24) is 9.88 Å². The Balaban J connectivity index is 1.47. The topological polar surface area (TPSA) is 66.6 Å². The van der Waals surface area contributed by atoms with Gasteiger partial charge in [-0.3, -0.25) is 0 Å². The van der Waals surface area contributed by atoms with Crippen LogP contribution in [0.15, 0.2) is 42.5 Å². The molecular formula is C21H23N3O3. The minimum atomic E-state index is -0.100. The zero-order valence-corrected chi connectivity index (χ0v) is 15.5. The number of benzene rings is 2. The Morgan fingerprint density at radius 1 is 1.04 bits per heavy atom. The number of fused-ring (bicyclic) bond motifs is 3. The number of hydrogen-bond donors (Lipinski definition) is 2. The average molecular weight is 365 g/mol. The van der Waals surface area contributed by atoms with E-state index >= 15 is 0 Å². The first kappa shape index (κ1) is 17.3. The first-order valence-corrected chi connectivity index (χ1v) is 9.06. The van der Waals surface area contributed by atoms with Crippen molar-refractivity contribution in [2.45, 2.75) is 12.8 Å². The highest BCUT2D eigenvalue weighted by atomic mass is 16.5. The highest BCUT2D eigenvalue weighted by molar-refractivity contribution is 5.90. The lowest BCUT2D eigenvalue weighted by Crippen LogP contribution is -2.36. The predicted molar refractivity (Wildman–Crippen MR) is 106 cm³/mol. The van der Waals surface area contributed by atoms with Gasteiger partial charge in [-0.2, -0.15) is 0 Å². The van der Waals surface area contributed by atoms with E-state index in [0.717, 1.165) is 12.8 Å². The van der Waals surface area contributed by atoms with E-state index in [9.17, 15) is 4.79 Å². The van der Waals surface area contributed by atoms with Crippen LogP contribution in [-0.2, 0) is 12.8 Å². The van der Waals surface area contributed by atoms with E-state index in [1.54, 1.807) is 26.4 Å². The Kier molecular flexibility index (Phi) is 4.62. The summed E-state index contributed by atoms with van der Waals surface area (Å²) in [5.74, 6) is 1.23. The predicted octanol–water partition coefficient (Wildman–Crippen LogP) is 3.82. The number of aromatic nitrogens is 1. The minimum Gasteiger partial charge on any atom is -0.493 e. The number of aromatic amines is 1. The summed E-state index contributed by atoms with van der Waals surface area (Å²) in [6.45, 7) is 1.37. The summed E-state index contributed by atoms with van der Waals surface area (Å²) in [6, 6.07) is 13.6. The molecule has 4 rings (SSSR count). The minimum absolute atomic E-state index is 0.100. The van der Waals surface area contributed by atoms with Crippen molar-refractivity contribution < 1.29 is 14.3 Å². The fourth-order valence-electron chi connectivity index (χ4n) is 3.68. The van der Waals surface area contributed by atoms with Gasteiger partial charge >= 0.3 is 6.03 Å². The maximum absolute atomic E-state index is 12.7. The van der Waals surface area contributed by atoms with E-state index in [-0.39, 0.29) is 6.03 Å². The number of nitrogens with zero attached hydrogens (tertiary/aromatic N) is 1. The number of para-hydroxylation sites is 1. The first-order chi connectivity index (χ1) is 13.2. The van der Waals surface area contributed by atoms with Crippen LogP contribution < -0.4 is 14.8 Å². The van der Waals surface area contributed by atoms with Gasteiger partial charge in [0.05, 0.1) is 14.2 Å². The Bertz CT molecular complexity index is 980. The fourth-order valence-corrected chi connectivity index (χ4v) is 3.68. The van der Waals surface area contributed by atoms with Crippen molar-refractivity contribution in [3.8, 4) is 11.5 Å². The second kappa shape index (κ2) is 7.23. The SMILES string of the molecule is COc1ccc(NC(=O)N2CCc3[nH]c4ccccc4c3CC2)cc1OC. The van der Waals surface area contributed by atoms with Crippen LogP contribution in [-0.4, -0.2) is 43.2 Å². The van der Waals surface area contributed by atoms with E-state index in [0.29, 0.717) is 30.3 Å². The second-order valence-electron chi connectivity index (χ2n) is 6.61. The maximum Gasteiger partial charge on any atom is 0.321 e. The smallest absolute Gasteiger partial charge is 0.321 e. The summed E-state index contributed by atoms with van der Waals surface area (Å²) in [4.78, 5) is 18.1. The summed E-state index contributed by atoms with van der Waals surface area (Å²) in [5.41, 5.74) is 4.42. The monoisotopic (exact) mass is 365 g/mol. The number of rotatable bonds is 3. The Labute approximate surface area is 158 Å². The number of carbonyl (C=O) groups excluding carboxylic acids is 1. The number of methoxy groups -OCH3 is 2. The lowest BCUT2D eigenvalue weighted by Gasteiger charge is -2.21. The van der Waals surface area contributed by atoms with Crippen LogP contribution in [0, 0.1) is 0 Å². The van der Waals surface area contributed by atoms with E-state index in [2.05, 4.69) is 28.5 Å². The third kappa shape index (κ3) is 3.30. The van der Waals surface area contributed by atoms with Crippen LogP contribution in [0.3, 0.4) is 0 Å². The van der Waals surface area contributed by atoms with Gasteiger partial charge in [0, 0.05) is 47.9 Å². The Hall–Kier alpha value is -3.15. The molecule has 1 aliphatic rings. The third-order valence-electron chi connectivity index (χ3n) is 5.09. The van der Waals surface area contributed by atoms with Crippen LogP contribution in [0.5, 0.6) is 11.5 Å². The molecule has 0 unspecified atom stereocenters. The lowest BCUT2D eigenvalue weighted by atomic mass is 10.1. The third-order valence-corrected chi connectivity index (χ3v) is 5.09. The molecule has 0 aliphatic carbocycles. The summed E-state index contributed by atoms with van der Waals surface area (Å²) >= 11 is 0. The molecule has 27 heavy (non-hydrogen) atoms. The van der Waals surface area contributed by atoms with Crippen molar-refractivity contribution in [3.05, 3.63) is 53.7 Å². The number of ether oxygens (including phenoxy) is 2. The first-order valence-electron chi connectivity index (χ1n) is 9.06. The summed E-state index contributed by atoms with van der Waals surface area (Å²) in [7, 11) is 3.17. The molecule has 140 valence electrons. The van der Waals surface area contributed by atoms with Gasteiger partial charge in [0.2, 0.25) is 0 Å². The van der Waals surface area contributed by atoms with Crippen molar-refractivity contribution in [2.75, 3.05) is 32.6 Å².